The predicted octanol–water partition coefficient (Wildman–Crippen LogP) is 1.24. The summed E-state index contributed by atoms with van der Waals surface area (Å²) in [5.74, 6) is 0. The molecule has 0 bridgehead atoms. The molecule has 1 heteroatoms. The molecule has 2 aliphatic heterocycles. The first-order valence-corrected chi connectivity index (χ1v) is 3.67. The maximum atomic E-state index is 2.62. The Kier molecular flexibility index (Phi) is 0.884. The van der Waals surface area contributed by atoms with E-state index in [1.54, 1.807) is 0 Å². The van der Waals surface area contributed by atoms with Gasteiger partial charge in [-0.15, -0.1) is 0 Å². The van der Waals surface area contributed by atoms with Gasteiger partial charge in [0.25, 0.3) is 0 Å². The number of nitrogens with zero attached hydrogens (tertiary/aromatic N) is 1. The molecule has 2 atom stereocenters. The molecule has 1 nitrogen and oxygen atoms in total. The lowest BCUT2D eigenvalue weighted by Crippen LogP contribution is -2.63. The minimum Gasteiger partial charge on any atom is -0.297 e. The molecule has 2 saturated heterocycles. The molecular formula is C7H13N. The van der Waals surface area contributed by atoms with Gasteiger partial charge in [0.2, 0.25) is 0 Å². The van der Waals surface area contributed by atoms with Crippen molar-refractivity contribution in [3.8, 4) is 0 Å². The Morgan fingerprint density at radius 3 is 2.62 bits per heavy atom. The van der Waals surface area contributed by atoms with Crippen LogP contribution in [0, 0.1) is 0 Å². The third kappa shape index (κ3) is 0.408. The molecule has 2 fully saturated rings. The zero-order chi connectivity index (χ0) is 5.56. The molecular weight excluding hydrogens is 98.1 g/mol. The molecule has 0 amide bonds. The molecule has 46 valence electrons. The van der Waals surface area contributed by atoms with Gasteiger partial charge < -0.3 is 0 Å². The lowest BCUT2D eigenvalue weighted by Gasteiger charge is -2.56. The van der Waals surface area contributed by atoms with Crippen molar-refractivity contribution in [2.24, 2.45) is 0 Å². The van der Waals surface area contributed by atoms with Crippen LogP contribution in [0.4, 0.5) is 0 Å². The Morgan fingerprint density at radius 2 is 2.50 bits per heavy atom. The predicted molar refractivity (Wildman–Crippen MR) is 33.8 cm³/mol. The van der Waals surface area contributed by atoms with Gasteiger partial charge in [0, 0.05) is 18.6 Å². The standard InChI is InChI=1S/C7H13N/c1-2-6-5-7-3-4-8(6)7/h6-7H,2-5H2,1H3. The number of hydrogen-bond donors (Lipinski definition) is 0. The number of piperidine rings is 1. The van der Waals surface area contributed by atoms with Crippen LogP contribution in [-0.2, 0) is 0 Å². The van der Waals surface area contributed by atoms with E-state index in [1.165, 1.54) is 25.8 Å². The van der Waals surface area contributed by atoms with E-state index in [0.717, 1.165) is 12.1 Å². The summed E-state index contributed by atoms with van der Waals surface area (Å²) in [5.41, 5.74) is 0. The van der Waals surface area contributed by atoms with Crippen molar-refractivity contribution in [1.29, 1.82) is 0 Å². The second kappa shape index (κ2) is 1.47. The Morgan fingerprint density at radius 1 is 1.62 bits per heavy atom. The van der Waals surface area contributed by atoms with E-state index in [4.69, 9.17) is 0 Å². The Bertz CT molecular complexity index is 98.6. The smallest absolute Gasteiger partial charge is 0.0125 e. The van der Waals surface area contributed by atoms with Crippen molar-refractivity contribution in [2.75, 3.05) is 6.54 Å². The van der Waals surface area contributed by atoms with Gasteiger partial charge in [-0.2, -0.15) is 0 Å². The van der Waals surface area contributed by atoms with Crippen LogP contribution in [0.1, 0.15) is 26.2 Å². The second-order valence-electron chi connectivity index (χ2n) is 2.98. The van der Waals surface area contributed by atoms with Crippen molar-refractivity contribution < 1.29 is 0 Å². The largest absolute Gasteiger partial charge is 0.297 e. The molecule has 0 aromatic carbocycles. The molecule has 0 aliphatic carbocycles. The summed E-state index contributed by atoms with van der Waals surface area (Å²) in [7, 11) is 0. The summed E-state index contributed by atoms with van der Waals surface area (Å²) >= 11 is 0. The van der Waals surface area contributed by atoms with Crippen LogP contribution in [0.3, 0.4) is 0 Å². The van der Waals surface area contributed by atoms with E-state index in [0.29, 0.717) is 0 Å². The lowest BCUT2D eigenvalue weighted by molar-refractivity contribution is -0.0660. The van der Waals surface area contributed by atoms with E-state index in [1.807, 2.05) is 0 Å². The molecule has 0 radical (unpaired) electrons. The molecule has 2 unspecified atom stereocenters. The van der Waals surface area contributed by atoms with Crippen LogP contribution in [0.5, 0.6) is 0 Å². The molecule has 8 heavy (non-hydrogen) atoms. The van der Waals surface area contributed by atoms with Crippen molar-refractivity contribution in [3.05, 3.63) is 0 Å². The highest BCUT2D eigenvalue weighted by Crippen LogP contribution is 2.37. The lowest BCUT2D eigenvalue weighted by atomic mass is 9.82. The second-order valence-corrected chi connectivity index (χ2v) is 2.98. The molecule has 2 rings (SSSR count). The summed E-state index contributed by atoms with van der Waals surface area (Å²) in [6.45, 7) is 3.68. The Balaban J connectivity index is 1.89. The third-order valence-corrected chi connectivity index (χ3v) is 2.67. The fourth-order valence-electron chi connectivity index (χ4n) is 1.91. The summed E-state index contributed by atoms with van der Waals surface area (Å²) in [6, 6.07) is 2.01. The number of rotatable bonds is 1. The van der Waals surface area contributed by atoms with Gasteiger partial charge in [0.15, 0.2) is 0 Å². The first-order chi connectivity index (χ1) is 3.92. The quantitative estimate of drug-likeness (QED) is 0.492. The normalized spacial score (nSPS) is 44.6. The minimum absolute atomic E-state index is 0.980. The van der Waals surface area contributed by atoms with E-state index in [9.17, 15) is 0 Å². The number of fused-ring (bicyclic) bond motifs is 1. The average molecular weight is 111 g/mol. The topological polar surface area (TPSA) is 3.24 Å². The zero-order valence-electron chi connectivity index (χ0n) is 5.43. The van der Waals surface area contributed by atoms with Crippen molar-refractivity contribution in [2.45, 2.75) is 38.3 Å². The van der Waals surface area contributed by atoms with Gasteiger partial charge in [-0.05, 0) is 19.3 Å². The van der Waals surface area contributed by atoms with E-state index < -0.39 is 0 Å². The van der Waals surface area contributed by atoms with Crippen LogP contribution >= 0.6 is 0 Å². The summed E-state index contributed by atoms with van der Waals surface area (Å²) < 4.78 is 0. The third-order valence-electron chi connectivity index (χ3n) is 2.67. The van der Waals surface area contributed by atoms with Crippen molar-refractivity contribution in [3.63, 3.8) is 0 Å². The maximum absolute atomic E-state index is 2.62. The van der Waals surface area contributed by atoms with Crippen LogP contribution in [0.15, 0.2) is 0 Å². The molecule has 0 aromatic heterocycles. The fraction of sp³-hybridized carbons (Fsp3) is 1.00. The summed E-state index contributed by atoms with van der Waals surface area (Å²) in [5, 5.41) is 0. The van der Waals surface area contributed by atoms with E-state index >= 15 is 0 Å². The minimum atomic E-state index is 0.980. The number of hydrogen-bond acceptors (Lipinski definition) is 1. The highest BCUT2D eigenvalue weighted by molar-refractivity contribution is 4.99. The molecule has 0 N–H and O–H groups in total. The average Bonchev–Trinajstić information content (AvgIpc) is 1.76. The summed E-state index contributed by atoms with van der Waals surface area (Å²) in [4.78, 5) is 2.62. The SMILES string of the molecule is CCC1CC2CCN12. The van der Waals surface area contributed by atoms with E-state index in [-0.39, 0.29) is 0 Å². The van der Waals surface area contributed by atoms with Crippen molar-refractivity contribution >= 4 is 0 Å². The van der Waals surface area contributed by atoms with Gasteiger partial charge in [-0.25, -0.2) is 0 Å². The molecule has 0 aromatic rings. The van der Waals surface area contributed by atoms with Crippen LogP contribution in [-0.4, -0.2) is 23.5 Å². The van der Waals surface area contributed by atoms with Gasteiger partial charge in [0.05, 0.1) is 0 Å². The van der Waals surface area contributed by atoms with Gasteiger partial charge >= 0.3 is 0 Å². The fourth-order valence-corrected chi connectivity index (χ4v) is 1.91. The first-order valence-electron chi connectivity index (χ1n) is 3.67. The van der Waals surface area contributed by atoms with E-state index in [2.05, 4.69) is 11.8 Å². The van der Waals surface area contributed by atoms with Crippen LogP contribution in [0.25, 0.3) is 0 Å². The van der Waals surface area contributed by atoms with Crippen LogP contribution in [0.2, 0.25) is 0 Å². The Hall–Kier alpha value is -0.0400. The molecule has 0 spiro atoms. The Labute approximate surface area is 50.7 Å². The highest BCUT2D eigenvalue weighted by atomic mass is 15.3. The zero-order valence-corrected chi connectivity index (χ0v) is 5.43. The maximum Gasteiger partial charge on any atom is 0.0125 e. The summed E-state index contributed by atoms with van der Waals surface area (Å²) in [6.07, 6.45) is 4.35. The van der Waals surface area contributed by atoms with Crippen LogP contribution < -0.4 is 0 Å². The monoisotopic (exact) mass is 111 g/mol. The van der Waals surface area contributed by atoms with Gasteiger partial charge in [0.1, 0.15) is 0 Å². The van der Waals surface area contributed by atoms with Gasteiger partial charge in [-0.3, -0.25) is 4.90 Å². The van der Waals surface area contributed by atoms with Gasteiger partial charge in [-0.1, -0.05) is 6.92 Å². The molecule has 2 heterocycles. The highest BCUT2D eigenvalue weighted by Gasteiger charge is 2.42. The molecule has 2 aliphatic rings. The molecule has 0 saturated carbocycles. The van der Waals surface area contributed by atoms with Crippen molar-refractivity contribution in [1.82, 2.24) is 4.90 Å². The first kappa shape index (κ1) is 4.80.